The Morgan fingerprint density at radius 2 is 2.20 bits per heavy atom. The molecule has 0 amide bonds. The van der Waals surface area contributed by atoms with Crippen molar-refractivity contribution < 1.29 is 14.6 Å². The van der Waals surface area contributed by atoms with Crippen LogP contribution in [0.2, 0.25) is 0 Å². The maximum absolute atomic E-state index is 13.3. The molecule has 0 aromatic heterocycles. The molecule has 0 saturated heterocycles. The summed E-state index contributed by atoms with van der Waals surface area (Å²) in [5, 5.41) is 20.4. The van der Waals surface area contributed by atoms with Gasteiger partial charge in [0.25, 0.3) is 0 Å². The average Bonchev–Trinajstić information content (AvgIpc) is 2.21. The molecule has 1 aromatic rings. The monoisotopic (exact) mass is 277 g/mol. The van der Waals surface area contributed by atoms with Crippen molar-refractivity contribution >= 4 is 15.9 Å². The van der Waals surface area contributed by atoms with Crippen LogP contribution in [-0.2, 0) is 6.54 Å². The minimum absolute atomic E-state index is 0.242. The Hall–Kier alpha value is -0.490. The molecule has 0 spiro atoms. The molecule has 0 bridgehead atoms. The van der Waals surface area contributed by atoms with Crippen LogP contribution < -0.4 is 5.32 Å². The van der Waals surface area contributed by atoms with Crippen LogP contribution in [0.3, 0.4) is 0 Å². The van der Waals surface area contributed by atoms with E-state index in [1.54, 1.807) is 12.1 Å². The molecule has 1 unspecified atom stereocenters. The van der Waals surface area contributed by atoms with Gasteiger partial charge in [0.2, 0.25) is 0 Å². The van der Waals surface area contributed by atoms with E-state index >= 15 is 0 Å². The van der Waals surface area contributed by atoms with E-state index < -0.39 is 6.10 Å². The Morgan fingerprint density at radius 1 is 1.47 bits per heavy atom. The highest BCUT2D eigenvalue weighted by atomic mass is 79.9. The molecule has 5 heteroatoms. The quantitative estimate of drug-likeness (QED) is 0.754. The first-order valence-corrected chi connectivity index (χ1v) is 5.36. The molecule has 3 N–H and O–H groups in total. The molecule has 0 aliphatic rings. The second-order valence-corrected chi connectivity index (χ2v) is 4.12. The standard InChI is InChI=1S/C10H13BrFNO2/c11-8-2-1-7(10(12)3-8)4-13-5-9(15)6-14/h1-3,9,13-15H,4-6H2. The van der Waals surface area contributed by atoms with E-state index in [4.69, 9.17) is 10.2 Å². The van der Waals surface area contributed by atoms with Gasteiger partial charge in [-0.2, -0.15) is 0 Å². The number of aliphatic hydroxyl groups is 2. The SMILES string of the molecule is OCC(O)CNCc1ccc(Br)cc1F. The fourth-order valence-electron chi connectivity index (χ4n) is 1.10. The maximum Gasteiger partial charge on any atom is 0.128 e. The van der Waals surface area contributed by atoms with Gasteiger partial charge in [0.1, 0.15) is 5.82 Å². The molecule has 0 aliphatic heterocycles. The second kappa shape index (κ2) is 6.17. The summed E-state index contributed by atoms with van der Waals surface area (Å²) in [4.78, 5) is 0. The summed E-state index contributed by atoms with van der Waals surface area (Å²) in [6.07, 6.45) is -0.802. The fraction of sp³-hybridized carbons (Fsp3) is 0.400. The first-order valence-electron chi connectivity index (χ1n) is 4.57. The van der Waals surface area contributed by atoms with Gasteiger partial charge in [-0.15, -0.1) is 0 Å². The summed E-state index contributed by atoms with van der Waals surface area (Å²) >= 11 is 3.17. The smallest absolute Gasteiger partial charge is 0.128 e. The van der Waals surface area contributed by atoms with E-state index in [1.165, 1.54) is 6.07 Å². The average molecular weight is 278 g/mol. The number of nitrogens with one attached hydrogen (secondary N) is 1. The van der Waals surface area contributed by atoms with Gasteiger partial charge >= 0.3 is 0 Å². The van der Waals surface area contributed by atoms with Crippen molar-refractivity contribution in [2.45, 2.75) is 12.6 Å². The van der Waals surface area contributed by atoms with E-state index in [-0.39, 0.29) is 19.0 Å². The number of benzene rings is 1. The van der Waals surface area contributed by atoms with Crippen molar-refractivity contribution in [3.8, 4) is 0 Å². The summed E-state index contributed by atoms with van der Waals surface area (Å²) in [6.45, 7) is 0.276. The molecule has 1 rings (SSSR count). The molecule has 0 fully saturated rings. The van der Waals surface area contributed by atoms with E-state index in [1.807, 2.05) is 0 Å². The van der Waals surface area contributed by atoms with Crippen molar-refractivity contribution in [1.82, 2.24) is 5.32 Å². The fourth-order valence-corrected chi connectivity index (χ4v) is 1.44. The summed E-state index contributed by atoms with van der Waals surface area (Å²) < 4.78 is 14.0. The highest BCUT2D eigenvalue weighted by Crippen LogP contribution is 2.14. The second-order valence-electron chi connectivity index (χ2n) is 3.20. The van der Waals surface area contributed by atoms with Crippen molar-refractivity contribution in [2.24, 2.45) is 0 Å². The Kier molecular flexibility index (Phi) is 5.17. The van der Waals surface area contributed by atoms with Gasteiger partial charge in [-0.3, -0.25) is 0 Å². The lowest BCUT2D eigenvalue weighted by molar-refractivity contribution is 0.0941. The maximum atomic E-state index is 13.3. The lowest BCUT2D eigenvalue weighted by Crippen LogP contribution is -2.29. The van der Waals surface area contributed by atoms with Gasteiger partial charge < -0.3 is 15.5 Å². The zero-order chi connectivity index (χ0) is 11.3. The summed E-state index contributed by atoms with van der Waals surface area (Å²) in [7, 11) is 0. The van der Waals surface area contributed by atoms with Gasteiger partial charge in [-0.05, 0) is 12.1 Å². The molecule has 0 saturated carbocycles. The zero-order valence-electron chi connectivity index (χ0n) is 8.08. The molecular formula is C10H13BrFNO2. The predicted molar refractivity (Wildman–Crippen MR) is 58.9 cm³/mol. The van der Waals surface area contributed by atoms with E-state index in [0.29, 0.717) is 16.6 Å². The highest BCUT2D eigenvalue weighted by molar-refractivity contribution is 9.10. The van der Waals surface area contributed by atoms with Crippen LogP contribution in [0.1, 0.15) is 5.56 Å². The number of hydrogen-bond acceptors (Lipinski definition) is 3. The van der Waals surface area contributed by atoms with E-state index in [0.717, 1.165) is 0 Å². The molecule has 0 aliphatic carbocycles. The van der Waals surface area contributed by atoms with Crippen LogP contribution in [0.25, 0.3) is 0 Å². The van der Waals surface area contributed by atoms with Crippen LogP contribution >= 0.6 is 15.9 Å². The van der Waals surface area contributed by atoms with Crippen molar-refractivity contribution in [2.75, 3.05) is 13.2 Å². The minimum atomic E-state index is -0.802. The third-order valence-corrected chi connectivity index (χ3v) is 2.41. The molecule has 1 atom stereocenters. The van der Waals surface area contributed by atoms with Gasteiger partial charge in [0.05, 0.1) is 12.7 Å². The first-order chi connectivity index (χ1) is 7.13. The molecule has 3 nitrogen and oxygen atoms in total. The topological polar surface area (TPSA) is 52.5 Å². The number of aliphatic hydroxyl groups excluding tert-OH is 2. The predicted octanol–water partition coefficient (Wildman–Crippen LogP) is 1.03. The molecule has 0 heterocycles. The molecule has 0 radical (unpaired) electrons. The summed E-state index contributed by atoms with van der Waals surface area (Å²) in [5.41, 5.74) is 0.531. The lowest BCUT2D eigenvalue weighted by Gasteiger charge is -2.09. The summed E-state index contributed by atoms with van der Waals surface area (Å²) in [5.74, 6) is -0.296. The van der Waals surface area contributed by atoms with Crippen LogP contribution in [0.4, 0.5) is 4.39 Å². The molecule has 1 aromatic carbocycles. The van der Waals surface area contributed by atoms with Crippen molar-refractivity contribution in [1.29, 1.82) is 0 Å². The van der Waals surface area contributed by atoms with Crippen LogP contribution in [0.15, 0.2) is 22.7 Å². The Morgan fingerprint density at radius 3 is 2.80 bits per heavy atom. The third kappa shape index (κ3) is 4.25. The van der Waals surface area contributed by atoms with Crippen LogP contribution in [0, 0.1) is 5.82 Å². The highest BCUT2D eigenvalue weighted by Gasteiger charge is 2.04. The van der Waals surface area contributed by atoms with E-state index in [9.17, 15) is 4.39 Å². The number of halogens is 2. The van der Waals surface area contributed by atoms with Gasteiger partial charge in [-0.25, -0.2) is 4.39 Å². The molecule has 15 heavy (non-hydrogen) atoms. The third-order valence-electron chi connectivity index (χ3n) is 1.92. The van der Waals surface area contributed by atoms with Crippen LogP contribution in [-0.4, -0.2) is 29.5 Å². The molecular weight excluding hydrogens is 265 g/mol. The Labute approximate surface area is 96.1 Å². The van der Waals surface area contributed by atoms with Crippen molar-refractivity contribution in [3.63, 3.8) is 0 Å². The normalized spacial score (nSPS) is 12.8. The summed E-state index contributed by atoms with van der Waals surface area (Å²) in [6, 6.07) is 4.81. The van der Waals surface area contributed by atoms with Crippen LogP contribution in [0.5, 0.6) is 0 Å². The lowest BCUT2D eigenvalue weighted by atomic mass is 10.2. The Bertz CT molecular complexity index is 322. The Balaban J connectivity index is 2.44. The number of hydrogen-bond donors (Lipinski definition) is 3. The largest absolute Gasteiger partial charge is 0.394 e. The first kappa shape index (κ1) is 12.6. The zero-order valence-corrected chi connectivity index (χ0v) is 9.67. The van der Waals surface area contributed by atoms with E-state index in [2.05, 4.69) is 21.2 Å². The number of rotatable bonds is 5. The van der Waals surface area contributed by atoms with Gasteiger partial charge in [0.15, 0.2) is 0 Å². The van der Waals surface area contributed by atoms with Gasteiger partial charge in [-0.1, -0.05) is 22.0 Å². The molecule has 84 valence electrons. The van der Waals surface area contributed by atoms with Gasteiger partial charge in [0, 0.05) is 23.1 Å². The van der Waals surface area contributed by atoms with Crippen molar-refractivity contribution in [3.05, 3.63) is 34.1 Å². The minimum Gasteiger partial charge on any atom is -0.394 e.